The predicted molar refractivity (Wildman–Crippen MR) is 107 cm³/mol. The smallest absolute Gasteiger partial charge is 0.246 e. The molecule has 0 atom stereocenters. The molecule has 0 saturated carbocycles. The van der Waals surface area contributed by atoms with Gasteiger partial charge in [-0.1, -0.05) is 35.4 Å². The number of rotatable bonds is 7. The van der Waals surface area contributed by atoms with Gasteiger partial charge in [0.2, 0.25) is 5.91 Å². The first-order valence-corrected chi connectivity index (χ1v) is 8.66. The molecule has 134 valence electrons. The number of benzene rings is 2. The summed E-state index contributed by atoms with van der Waals surface area (Å²) in [6.45, 7) is 6.19. The molecule has 0 heterocycles. The van der Waals surface area contributed by atoms with Crippen molar-refractivity contribution in [3.63, 3.8) is 0 Å². The highest BCUT2D eigenvalue weighted by Crippen LogP contribution is 2.17. The number of hydrogen-bond acceptors (Lipinski definition) is 3. The summed E-state index contributed by atoms with van der Waals surface area (Å²) in [5, 5.41) is 0. The molecule has 0 radical (unpaired) electrons. The molecule has 0 aliphatic heterocycles. The number of hydrogen-bond donors (Lipinski definition) is 0. The van der Waals surface area contributed by atoms with E-state index in [0.29, 0.717) is 6.54 Å². The lowest BCUT2D eigenvalue weighted by atomic mass is 10.2. The van der Waals surface area contributed by atoms with Crippen LogP contribution in [0.25, 0.3) is 0 Å². The predicted octanol–water partition coefficient (Wildman–Crippen LogP) is 3.33. The monoisotopic (exact) mass is 339 g/mol. The topological polar surface area (TPSA) is 26.8 Å². The summed E-state index contributed by atoms with van der Waals surface area (Å²) in [6, 6.07) is 16.4. The highest BCUT2D eigenvalue weighted by Gasteiger charge is 2.16. The van der Waals surface area contributed by atoms with Crippen LogP contribution < -0.4 is 9.80 Å². The highest BCUT2D eigenvalue weighted by atomic mass is 16.2. The third kappa shape index (κ3) is 5.61. The van der Waals surface area contributed by atoms with Crippen LogP contribution in [0.1, 0.15) is 11.1 Å². The van der Waals surface area contributed by atoms with Gasteiger partial charge in [0, 0.05) is 31.5 Å². The number of carbonyl (C=O) groups excluding carboxylic acids is 1. The Kier molecular flexibility index (Phi) is 6.59. The Morgan fingerprint density at radius 1 is 0.760 bits per heavy atom. The lowest BCUT2D eigenvalue weighted by Gasteiger charge is -2.28. The average Bonchev–Trinajstić information content (AvgIpc) is 2.59. The van der Waals surface area contributed by atoms with E-state index in [0.717, 1.165) is 24.5 Å². The minimum atomic E-state index is 0.0863. The summed E-state index contributed by atoms with van der Waals surface area (Å²) in [5.74, 6) is 0.0863. The Hall–Kier alpha value is -2.33. The van der Waals surface area contributed by atoms with E-state index in [9.17, 15) is 4.79 Å². The lowest BCUT2D eigenvalue weighted by Crippen LogP contribution is -2.41. The minimum Gasteiger partial charge on any atom is -0.361 e. The van der Waals surface area contributed by atoms with Crippen molar-refractivity contribution in [2.45, 2.75) is 13.8 Å². The molecular weight excluding hydrogens is 310 g/mol. The van der Waals surface area contributed by atoms with Gasteiger partial charge in [-0.05, 0) is 52.2 Å². The second-order valence-electron chi connectivity index (χ2n) is 6.85. The zero-order chi connectivity index (χ0) is 18.4. The Labute approximate surface area is 151 Å². The molecule has 2 aromatic rings. The lowest BCUT2D eigenvalue weighted by molar-refractivity contribution is -0.117. The van der Waals surface area contributed by atoms with E-state index >= 15 is 0 Å². The molecule has 0 unspecified atom stereocenters. The molecule has 25 heavy (non-hydrogen) atoms. The molecule has 0 fully saturated rings. The maximum absolute atomic E-state index is 12.8. The third-order valence-corrected chi connectivity index (χ3v) is 4.34. The maximum atomic E-state index is 12.8. The van der Waals surface area contributed by atoms with Crippen molar-refractivity contribution in [2.75, 3.05) is 50.6 Å². The molecule has 0 saturated heterocycles. The van der Waals surface area contributed by atoms with Crippen LogP contribution in [0.2, 0.25) is 0 Å². The van der Waals surface area contributed by atoms with Gasteiger partial charge in [0.1, 0.15) is 0 Å². The first-order valence-electron chi connectivity index (χ1n) is 8.66. The van der Waals surface area contributed by atoms with Crippen LogP contribution in [0.3, 0.4) is 0 Å². The second kappa shape index (κ2) is 8.67. The summed E-state index contributed by atoms with van der Waals surface area (Å²) < 4.78 is 0. The van der Waals surface area contributed by atoms with Crippen molar-refractivity contribution in [3.05, 3.63) is 59.7 Å². The Balaban J connectivity index is 2.12. The molecule has 4 nitrogen and oxygen atoms in total. The summed E-state index contributed by atoms with van der Waals surface area (Å²) in [7, 11) is 5.94. The second-order valence-corrected chi connectivity index (χ2v) is 6.85. The summed E-state index contributed by atoms with van der Waals surface area (Å²) in [6.07, 6.45) is 0. The fraction of sp³-hybridized carbons (Fsp3) is 0.381. The standard InChI is InChI=1S/C21H29N3O/c1-17-6-10-19(11-7-17)23(5)21(25)16-24(15-14-22(3)4)20-12-8-18(2)9-13-20/h6-13H,14-16H2,1-5H3. The fourth-order valence-electron chi connectivity index (χ4n) is 2.56. The van der Waals surface area contributed by atoms with Crippen molar-refractivity contribution in [3.8, 4) is 0 Å². The van der Waals surface area contributed by atoms with E-state index in [1.54, 1.807) is 4.90 Å². The number of anilines is 2. The van der Waals surface area contributed by atoms with Gasteiger partial charge in [0.25, 0.3) is 0 Å². The molecule has 4 heteroatoms. The average molecular weight is 339 g/mol. The van der Waals surface area contributed by atoms with Crippen molar-refractivity contribution in [1.29, 1.82) is 0 Å². The molecule has 2 rings (SSSR count). The zero-order valence-electron chi connectivity index (χ0n) is 16.0. The van der Waals surface area contributed by atoms with Crippen molar-refractivity contribution in [2.24, 2.45) is 0 Å². The van der Waals surface area contributed by atoms with Gasteiger partial charge in [0.05, 0.1) is 6.54 Å². The van der Waals surface area contributed by atoms with Crippen LogP contribution in [0, 0.1) is 13.8 Å². The third-order valence-electron chi connectivity index (χ3n) is 4.34. The van der Waals surface area contributed by atoms with Crippen molar-refractivity contribution >= 4 is 17.3 Å². The van der Waals surface area contributed by atoms with Crippen LogP contribution in [0.4, 0.5) is 11.4 Å². The first kappa shape index (κ1) is 19.0. The van der Waals surface area contributed by atoms with Gasteiger partial charge in [0.15, 0.2) is 0 Å². The van der Waals surface area contributed by atoms with Crippen LogP contribution in [-0.2, 0) is 4.79 Å². The Morgan fingerprint density at radius 2 is 1.24 bits per heavy atom. The van der Waals surface area contributed by atoms with E-state index in [1.165, 1.54) is 11.1 Å². The number of aryl methyl sites for hydroxylation is 2. The zero-order valence-corrected chi connectivity index (χ0v) is 16.0. The molecule has 0 aliphatic rings. The van der Waals surface area contributed by atoms with Gasteiger partial charge in [-0.15, -0.1) is 0 Å². The van der Waals surface area contributed by atoms with Crippen LogP contribution in [0.15, 0.2) is 48.5 Å². The molecule has 0 aliphatic carbocycles. The maximum Gasteiger partial charge on any atom is 0.246 e. The molecule has 2 aromatic carbocycles. The van der Waals surface area contributed by atoms with Crippen molar-refractivity contribution in [1.82, 2.24) is 4.90 Å². The van der Waals surface area contributed by atoms with E-state index in [1.807, 2.05) is 52.3 Å². The first-order chi connectivity index (χ1) is 11.9. The number of nitrogens with zero attached hydrogens (tertiary/aromatic N) is 3. The van der Waals surface area contributed by atoms with Gasteiger partial charge in [-0.25, -0.2) is 0 Å². The number of carbonyl (C=O) groups is 1. The summed E-state index contributed by atoms with van der Waals surface area (Å²) >= 11 is 0. The Morgan fingerprint density at radius 3 is 1.72 bits per heavy atom. The molecule has 0 aromatic heterocycles. The van der Waals surface area contributed by atoms with Gasteiger partial charge < -0.3 is 14.7 Å². The SMILES string of the molecule is Cc1ccc(N(CCN(C)C)CC(=O)N(C)c2ccc(C)cc2)cc1. The van der Waals surface area contributed by atoms with Crippen LogP contribution in [0.5, 0.6) is 0 Å². The molecule has 0 bridgehead atoms. The van der Waals surface area contributed by atoms with E-state index in [2.05, 4.69) is 41.0 Å². The quantitative estimate of drug-likeness (QED) is 0.774. The molecule has 0 N–H and O–H groups in total. The minimum absolute atomic E-state index is 0.0863. The number of likely N-dealkylation sites (N-methyl/N-ethyl adjacent to an activating group) is 2. The van der Waals surface area contributed by atoms with E-state index in [-0.39, 0.29) is 5.91 Å². The van der Waals surface area contributed by atoms with Crippen LogP contribution in [-0.4, -0.2) is 51.6 Å². The molecular formula is C21H29N3O. The highest BCUT2D eigenvalue weighted by molar-refractivity contribution is 5.96. The summed E-state index contributed by atoms with van der Waals surface area (Å²) in [4.78, 5) is 18.8. The van der Waals surface area contributed by atoms with E-state index < -0.39 is 0 Å². The number of amides is 1. The molecule has 0 spiro atoms. The van der Waals surface area contributed by atoms with Gasteiger partial charge >= 0.3 is 0 Å². The summed E-state index contributed by atoms with van der Waals surface area (Å²) in [5.41, 5.74) is 4.42. The van der Waals surface area contributed by atoms with Gasteiger partial charge in [-0.3, -0.25) is 4.79 Å². The van der Waals surface area contributed by atoms with Crippen LogP contribution >= 0.6 is 0 Å². The van der Waals surface area contributed by atoms with Gasteiger partial charge in [-0.2, -0.15) is 0 Å². The largest absolute Gasteiger partial charge is 0.361 e. The van der Waals surface area contributed by atoms with E-state index in [4.69, 9.17) is 0 Å². The van der Waals surface area contributed by atoms with Crippen molar-refractivity contribution < 1.29 is 4.79 Å². The normalized spacial score (nSPS) is 10.8. The Bertz CT molecular complexity index is 677. The fourth-order valence-corrected chi connectivity index (χ4v) is 2.56. The molecule has 1 amide bonds.